The topological polar surface area (TPSA) is 62.1 Å². The number of aliphatic hydroxyl groups is 1. The molecule has 1 heterocycles. The van der Waals surface area contributed by atoms with Gasteiger partial charge in [0.15, 0.2) is 0 Å². The fourth-order valence-electron chi connectivity index (χ4n) is 3.51. The Morgan fingerprint density at radius 2 is 1.77 bits per heavy atom. The second-order valence-electron chi connectivity index (χ2n) is 7.00. The maximum atomic E-state index is 13.2. The summed E-state index contributed by atoms with van der Waals surface area (Å²) < 4.78 is 27.8. The van der Waals surface area contributed by atoms with Gasteiger partial charge in [0, 0.05) is 12.8 Å². The second kappa shape index (κ2) is 8.20. The fourth-order valence-corrected chi connectivity index (χ4v) is 5.03. The molecule has 5 nitrogen and oxygen atoms in total. The Hall–Kier alpha value is -1.89. The average Bonchev–Trinajstić information content (AvgIpc) is 3.13. The van der Waals surface area contributed by atoms with Gasteiger partial charge < -0.3 is 10.0 Å². The lowest BCUT2D eigenvalue weighted by atomic mass is 10.2. The van der Waals surface area contributed by atoms with E-state index in [1.807, 2.05) is 25.1 Å². The van der Waals surface area contributed by atoms with Crippen LogP contribution in [0.5, 0.6) is 0 Å². The number of sulfonamides is 1. The Balaban J connectivity index is 1.89. The number of rotatable bonds is 7. The van der Waals surface area contributed by atoms with Gasteiger partial charge in [0.1, 0.15) is 12.6 Å². The largest absolute Gasteiger partial charge is 0.385 e. The van der Waals surface area contributed by atoms with E-state index >= 15 is 0 Å². The van der Waals surface area contributed by atoms with Crippen molar-refractivity contribution in [3.63, 3.8) is 0 Å². The molecule has 3 rings (SSSR count). The summed E-state index contributed by atoms with van der Waals surface area (Å²) in [6.07, 6.45) is 1.64. The number of hydrogen-bond acceptors (Lipinski definition) is 3. The van der Waals surface area contributed by atoms with Crippen LogP contribution in [0.2, 0.25) is 0 Å². The van der Waals surface area contributed by atoms with Crippen LogP contribution >= 0.6 is 0 Å². The molecule has 2 aromatic carbocycles. The molecular weight excluding hydrogens is 348 g/mol. The van der Waals surface area contributed by atoms with Crippen LogP contribution in [0.3, 0.4) is 0 Å². The SMILES string of the molecule is Cc1cccc(N(C[C@@H](O)C[NH+]2CCCC2)S(=O)(=O)c2ccccc2)c1. The first kappa shape index (κ1) is 18.9. The molecule has 0 radical (unpaired) electrons. The Morgan fingerprint density at radius 3 is 2.42 bits per heavy atom. The summed E-state index contributed by atoms with van der Waals surface area (Å²) in [5.41, 5.74) is 1.57. The van der Waals surface area contributed by atoms with Gasteiger partial charge in [0.2, 0.25) is 0 Å². The minimum atomic E-state index is -3.74. The number of anilines is 1. The average molecular weight is 376 g/mol. The van der Waals surface area contributed by atoms with Crippen LogP contribution in [0.4, 0.5) is 5.69 Å². The number of likely N-dealkylation sites (tertiary alicyclic amines) is 1. The number of nitrogens with zero attached hydrogens (tertiary/aromatic N) is 1. The summed E-state index contributed by atoms with van der Waals surface area (Å²) in [4.78, 5) is 1.58. The van der Waals surface area contributed by atoms with E-state index in [0.29, 0.717) is 12.2 Å². The minimum absolute atomic E-state index is 0.0597. The first-order chi connectivity index (χ1) is 12.5. The molecule has 1 fully saturated rings. The summed E-state index contributed by atoms with van der Waals surface area (Å²) in [7, 11) is -3.74. The fraction of sp³-hybridized carbons (Fsp3) is 0.400. The summed E-state index contributed by atoms with van der Waals surface area (Å²) in [6, 6.07) is 15.8. The molecule has 26 heavy (non-hydrogen) atoms. The lowest BCUT2D eigenvalue weighted by Crippen LogP contribution is -3.11. The highest BCUT2D eigenvalue weighted by Crippen LogP contribution is 2.24. The molecule has 2 N–H and O–H groups in total. The maximum Gasteiger partial charge on any atom is 0.264 e. The predicted molar refractivity (Wildman–Crippen MR) is 103 cm³/mol. The molecule has 2 aromatic rings. The van der Waals surface area contributed by atoms with Gasteiger partial charge in [-0.3, -0.25) is 4.31 Å². The molecule has 1 saturated heterocycles. The van der Waals surface area contributed by atoms with E-state index in [4.69, 9.17) is 0 Å². The van der Waals surface area contributed by atoms with Gasteiger partial charge >= 0.3 is 0 Å². The molecule has 0 unspecified atom stereocenters. The molecule has 1 atom stereocenters. The van der Waals surface area contributed by atoms with Gasteiger partial charge in [-0.2, -0.15) is 0 Å². The van der Waals surface area contributed by atoms with Crippen molar-refractivity contribution in [1.29, 1.82) is 0 Å². The van der Waals surface area contributed by atoms with Gasteiger partial charge in [-0.15, -0.1) is 0 Å². The lowest BCUT2D eigenvalue weighted by molar-refractivity contribution is -0.890. The monoisotopic (exact) mass is 375 g/mol. The van der Waals surface area contributed by atoms with Gasteiger partial charge in [-0.05, 0) is 36.8 Å². The van der Waals surface area contributed by atoms with E-state index in [9.17, 15) is 13.5 Å². The Labute approximate surface area is 155 Å². The predicted octanol–water partition coefficient (Wildman–Crippen LogP) is 1.23. The molecular formula is C20H27N2O3S+. The van der Waals surface area contributed by atoms with Crippen molar-refractivity contribution in [2.45, 2.75) is 30.8 Å². The molecule has 0 bridgehead atoms. The second-order valence-corrected chi connectivity index (χ2v) is 8.87. The van der Waals surface area contributed by atoms with Crippen molar-refractivity contribution in [1.82, 2.24) is 0 Å². The minimum Gasteiger partial charge on any atom is -0.385 e. The molecule has 6 heteroatoms. The number of aryl methyl sites for hydroxylation is 1. The van der Waals surface area contributed by atoms with Crippen molar-refractivity contribution >= 4 is 15.7 Å². The number of aliphatic hydroxyl groups excluding tert-OH is 1. The van der Waals surface area contributed by atoms with Crippen LogP contribution in [0.15, 0.2) is 59.5 Å². The number of hydrogen-bond donors (Lipinski definition) is 2. The first-order valence-corrected chi connectivity index (χ1v) is 10.6. The Morgan fingerprint density at radius 1 is 1.08 bits per heavy atom. The van der Waals surface area contributed by atoms with Gasteiger partial charge in [0.05, 0.1) is 30.2 Å². The molecule has 1 aliphatic heterocycles. The molecule has 0 aliphatic carbocycles. The zero-order valence-electron chi connectivity index (χ0n) is 15.1. The zero-order valence-corrected chi connectivity index (χ0v) is 16.0. The van der Waals surface area contributed by atoms with Gasteiger partial charge in [-0.25, -0.2) is 8.42 Å². The van der Waals surface area contributed by atoms with E-state index < -0.39 is 16.1 Å². The van der Waals surface area contributed by atoms with Crippen molar-refractivity contribution in [2.24, 2.45) is 0 Å². The zero-order chi connectivity index (χ0) is 18.6. The quantitative estimate of drug-likeness (QED) is 0.765. The molecule has 0 spiro atoms. The van der Waals surface area contributed by atoms with E-state index in [2.05, 4.69) is 0 Å². The maximum absolute atomic E-state index is 13.2. The van der Waals surface area contributed by atoms with E-state index in [1.165, 1.54) is 22.0 Å². The normalized spacial score (nSPS) is 16.5. The van der Waals surface area contributed by atoms with Crippen molar-refractivity contribution in [3.05, 3.63) is 60.2 Å². The number of quaternary nitrogens is 1. The van der Waals surface area contributed by atoms with E-state index in [-0.39, 0.29) is 11.4 Å². The third-order valence-electron chi connectivity index (χ3n) is 4.83. The molecule has 0 amide bonds. The van der Waals surface area contributed by atoms with Crippen LogP contribution in [0.25, 0.3) is 0 Å². The van der Waals surface area contributed by atoms with E-state index in [1.54, 1.807) is 36.4 Å². The highest BCUT2D eigenvalue weighted by molar-refractivity contribution is 7.92. The summed E-state index contributed by atoms with van der Waals surface area (Å²) in [6.45, 7) is 4.66. The summed E-state index contributed by atoms with van der Waals surface area (Å²) in [5, 5.41) is 10.6. The first-order valence-electron chi connectivity index (χ1n) is 9.13. The molecule has 1 aliphatic rings. The number of benzene rings is 2. The van der Waals surface area contributed by atoms with Crippen LogP contribution in [0, 0.1) is 6.92 Å². The third kappa shape index (κ3) is 4.44. The Kier molecular flexibility index (Phi) is 5.96. The smallest absolute Gasteiger partial charge is 0.264 e. The highest BCUT2D eigenvalue weighted by atomic mass is 32.2. The summed E-state index contributed by atoms with van der Waals surface area (Å²) in [5.74, 6) is 0. The van der Waals surface area contributed by atoms with Crippen LogP contribution in [0.1, 0.15) is 18.4 Å². The molecule has 140 valence electrons. The number of nitrogens with one attached hydrogen (secondary N) is 1. The Bertz CT molecular complexity index is 818. The van der Waals surface area contributed by atoms with E-state index in [0.717, 1.165) is 18.7 Å². The van der Waals surface area contributed by atoms with Gasteiger partial charge in [-0.1, -0.05) is 30.3 Å². The van der Waals surface area contributed by atoms with Crippen LogP contribution < -0.4 is 9.21 Å². The lowest BCUT2D eigenvalue weighted by Gasteiger charge is -2.28. The van der Waals surface area contributed by atoms with Crippen LogP contribution in [-0.2, 0) is 10.0 Å². The summed E-state index contributed by atoms with van der Waals surface area (Å²) >= 11 is 0. The standard InChI is InChI=1S/C20H26N2O3S/c1-17-8-7-9-18(14-17)22(16-19(23)15-21-12-5-6-13-21)26(24,25)20-10-3-2-4-11-20/h2-4,7-11,14,19,23H,5-6,12-13,15-16H2,1H3/p+1/t19-/m0/s1. The molecule has 0 saturated carbocycles. The highest BCUT2D eigenvalue weighted by Gasteiger charge is 2.29. The van der Waals surface area contributed by atoms with Crippen molar-refractivity contribution in [2.75, 3.05) is 30.5 Å². The van der Waals surface area contributed by atoms with Gasteiger partial charge in [0.25, 0.3) is 10.0 Å². The molecule has 0 aromatic heterocycles. The van der Waals surface area contributed by atoms with Crippen LogP contribution in [-0.4, -0.2) is 45.8 Å². The van der Waals surface area contributed by atoms with Crippen molar-refractivity contribution in [3.8, 4) is 0 Å². The van der Waals surface area contributed by atoms with Crippen molar-refractivity contribution < 1.29 is 18.4 Å². The third-order valence-corrected chi connectivity index (χ3v) is 6.64.